The maximum absolute atomic E-state index is 15.6. The Labute approximate surface area is 245 Å². The molecule has 0 saturated carbocycles. The van der Waals surface area contributed by atoms with E-state index in [1.165, 1.54) is 13.8 Å². The molecule has 1 aromatic carbocycles. The molecular formula is C26H31ClF2N3O9P. The van der Waals surface area contributed by atoms with E-state index in [-0.39, 0.29) is 12.4 Å². The van der Waals surface area contributed by atoms with E-state index in [1.54, 1.807) is 38.1 Å². The lowest BCUT2D eigenvalue weighted by atomic mass is 10.1. The predicted molar refractivity (Wildman–Crippen MR) is 145 cm³/mol. The van der Waals surface area contributed by atoms with Crippen molar-refractivity contribution in [2.75, 3.05) is 18.3 Å². The summed E-state index contributed by atoms with van der Waals surface area (Å²) in [5, 5.41) is 2.91. The Morgan fingerprint density at radius 2 is 1.93 bits per heavy atom. The molecular weight excluding hydrogens is 603 g/mol. The van der Waals surface area contributed by atoms with Crippen molar-refractivity contribution in [3.8, 4) is 0 Å². The largest absolute Gasteiger partial charge is 0.463 e. The van der Waals surface area contributed by atoms with Crippen LogP contribution in [-0.4, -0.2) is 52.8 Å². The van der Waals surface area contributed by atoms with Crippen molar-refractivity contribution >= 4 is 37.1 Å². The second kappa shape index (κ2) is 12.8. The first-order valence-electron chi connectivity index (χ1n) is 13.2. The van der Waals surface area contributed by atoms with E-state index in [2.05, 4.69) is 10.1 Å². The van der Waals surface area contributed by atoms with Crippen LogP contribution in [0.15, 0.2) is 41.3 Å². The SMILES string of the molecule is CC(C)C(=O)OCC1OC(n2ccc(NP3(=O)OCCC(c4cccc(Cl)c4)O3)nc2=O)C(F)(F)C1OC(=O)C(C)C. The number of carbonyl (C=O) groups is 2. The smallest absolute Gasteiger partial charge is 0.434 e. The van der Waals surface area contributed by atoms with Gasteiger partial charge in [-0.15, -0.1) is 0 Å². The molecule has 2 aromatic rings. The third-order valence-corrected chi connectivity index (χ3v) is 8.18. The summed E-state index contributed by atoms with van der Waals surface area (Å²) in [5.74, 6) is -7.07. The number of hydrogen-bond acceptors (Lipinski definition) is 10. The highest BCUT2D eigenvalue weighted by molar-refractivity contribution is 7.55. The molecule has 5 atom stereocenters. The second-order valence-corrected chi connectivity index (χ2v) is 12.5. The van der Waals surface area contributed by atoms with Crippen molar-refractivity contribution in [3.63, 3.8) is 0 Å². The number of nitrogens with one attached hydrogen (secondary N) is 1. The zero-order valence-electron chi connectivity index (χ0n) is 23.2. The highest BCUT2D eigenvalue weighted by Crippen LogP contribution is 2.55. The van der Waals surface area contributed by atoms with Gasteiger partial charge >= 0.3 is 31.3 Å². The number of rotatable bonds is 9. The third kappa shape index (κ3) is 7.17. The topological polar surface area (TPSA) is 144 Å². The van der Waals surface area contributed by atoms with Crippen LogP contribution < -0.4 is 10.8 Å². The molecule has 1 N–H and O–H groups in total. The number of ether oxygens (including phenoxy) is 3. The van der Waals surface area contributed by atoms with Crippen molar-refractivity contribution in [3.05, 3.63) is 57.6 Å². The van der Waals surface area contributed by atoms with E-state index in [1.807, 2.05) is 0 Å². The van der Waals surface area contributed by atoms with Gasteiger partial charge in [-0.1, -0.05) is 51.4 Å². The van der Waals surface area contributed by atoms with Crippen molar-refractivity contribution in [2.45, 2.75) is 64.6 Å². The van der Waals surface area contributed by atoms with Gasteiger partial charge in [-0.3, -0.25) is 28.3 Å². The third-order valence-electron chi connectivity index (χ3n) is 6.39. The minimum Gasteiger partial charge on any atom is -0.463 e. The maximum atomic E-state index is 15.6. The van der Waals surface area contributed by atoms with Crippen LogP contribution in [0.5, 0.6) is 0 Å². The molecule has 2 aliphatic heterocycles. The van der Waals surface area contributed by atoms with E-state index >= 15 is 8.78 Å². The van der Waals surface area contributed by atoms with Crippen molar-refractivity contribution in [1.29, 1.82) is 0 Å². The van der Waals surface area contributed by atoms with Crippen LogP contribution in [0.3, 0.4) is 0 Å². The first kappa shape index (κ1) is 32.0. The van der Waals surface area contributed by atoms with E-state index < -0.39 is 74.3 Å². The standard InChI is InChI=1S/C26H31ClF2N3O9P/c1-14(2)22(33)37-13-19-21(40-23(34)15(3)4)26(28,29)24(39-19)32-10-8-20(30-25(32)35)31-42(36)38-11-9-18(41-42)16-6-5-7-17(27)12-16/h5-8,10,12,14-15,18-19,21,24H,9,11,13H2,1-4H3,(H,30,31,35,36). The molecule has 1 aromatic heterocycles. The van der Waals surface area contributed by atoms with Gasteiger partial charge in [0.15, 0.2) is 6.10 Å². The van der Waals surface area contributed by atoms with Gasteiger partial charge in [-0.2, -0.15) is 13.8 Å². The number of hydrogen-bond donors (Lipinski definition) is 1. The lowest BCUT2D eigenvalue weighted by molar-refractivity contribution is -0.180. The van der Waals surface area contributed by atoms with Crippen LogP contribution in [0.1, 0.15) is 52.0 Å². The van der Waals surface area contributed by atoms with Crippen molar-refractivity contribution < 1.29 is 46.2 Å². The summed E-state index contributed by atoms with van der Waals surface area (Å²) >= 11 is 6.04. The predicted octanol–water partition coefficient (Wildman–Crippen LogP) is 4.89. The molecule has 0 radical (unpaired) electrons. The molecule has 42 heavy (non-hydrogen) atoms. The fourth-order valence-electron chi connectivity index (χ4n) is 4.16. The summed E-state index contributed by atoms with van der Waals surface area (Å²) in [7, 11) is -4.02. The highest BCUT2D eigenvalue weighted by Gasteiger charge is 2.63. The maximum Gasteiger partial charge on any atom is 0.434 e. The summed E-state index contributed by atoms with van der Waals surface area (Å²) < 4.78 is 71.5. The Balaban J connectivity index is 1.54. The van der Waals surface area contributed by atoms with Crippen molar-refractivity contribution in [1.82, 2.24) is 9.55 Å². The molecule has 5 unspecified atom stereocenters. The molecule has 16 heteroatoms. The van der Waals surface area contributed by atoms with Crippen LogP contribution in [0.25, 0.3) is 0 Å². The quantitative estimate of drug-likeness (QED) is 0.297. The molecule has 3 heterocycles. The number of carbonyl (C=O) groups excluding carboxylic acids is 2. The summed E-state index contributed by atoms with van der Waals surface area (Å²) in [5.41, 5.74) is -0.536. The monoisotopic (exact) mass is 633 g/mol. The zero-order valence-corrected chi connectivity index (χ0v) is 24.8. The molecule has 0 spiro atoms. The Hall–Kier alpha value is -2.90. The van der Waals surface area contributed by atoms with Gasteiger partial charge in [0.25, 0.3) is 0 Å². The Morgan fingerprint density at radius 1 is 1.21 bits per heavy atom. The highest BCUT2D eigenvalue weighted by atomic mass is 35.5. The van der Waals surface area contributed by atoms with Crippen LogP contribution in [-0.2, 0) is 37.4 Å². The lowest BCUT2D eigenvalue weighted by Crippen LogP contribution is -2.45. The van der Waals surface area contributed by atoms with E-state index in [9.17, 15) is 18.9 Å². The molecule has 2 aliphatic rings. The lowest BCUT2D eigenvalue weighted by Gasteiger charge is -2.30. The number of nitrogens with zero attached hydrogens (tertiary/aromatic N) is 2. The molecule has 2 saturated heterocycles. The second-order valence-electron chi connectivity index (χ2n) is 10.4. The minimum atomic E-state index is -4.02. The van der Waals surface area contributed by atoms with Crippen LogP contribution >= 0.6 is 19.3 Å². The van der Waals surface area contributed by atoms with Crippen LogP contribution in [0.2, 0.25) is 5.02 Å². The van der Waals surface area contributed by atoms with Gasteiger partial charge < -0.3 is 14.2 Å². The molecule has 0 aliphatic carbocycles. The zero-order chi connectivity index (χ0) is 30.8. The number of halogens is 3. The average Bonchev–Trinajstić information content (AvgIpc) is 3.16. The Morgan fingerprint density at radius 3 is 2.57 bits per heavy atom. The van der Waals surface area contributed by atoms with Gasteiger partial charge in [0, 0.05) is 17.6 Å². The fraction of sp³-hybridized carbons (Fsp3) is 0.538. The first-order chi connectivity index (χ1) is 19.7. The number of benzene rings is 1. The Kier molecular flexibility index (Phi) is 9.73. The molecule has 12 nitrogen and oxygen atoms in total. The van der Waals surface area contributed by atoms with E-state index in [0.29, 0.717) is 21.6 Å². The summed E-state index contributed by atoms with van der Waals surface area (Å²) in [6, 6.07) is 7.90. The molecule has 0 bridgehead atoms. The number of esters is 2. The minimum absolute atomic E-state index is 0.0555. The Bertz CT molecular complexity index is 1420. The van der Waals surface area contributed by atoms with Gasteiger partial charge in [0.05, 0.1) is 24.5 Å². The average molecular weight is 634 g/mol. The van der Waals surface area contributed by atoms with Gasteiger partial charge in [-0.05, 0) is 23.8 Å². The van der Waals surface area contributed by atoms with Gasteiger partial charge in [0.1, 0.15) is 18.5 Å². The van der Waals surface area contributed by atoms with Gasteiger partial charge in [-0.25, -0.2) is 9.36 Å². The summed E-state index contributed by atoms with van der Waals surface area (Å²) in [6.45, 7) is 5.45. The molecule has 0 amide bonds. The summed E-state index contributed by atoms with van der Waals surface area (Å²) in [6.07, 6.45) is -5.30. The summed E-state index contributed by atoms with van der Waals surface area (Å²) in [4.78, 5) is 40.8. The fourth-order valence-corrected chi connectivity index (χ4v) is 5.85. The number of aromatic nitrogens is 2. The van der Waals surface area contributed by atoms with Crippen LogP contribution in [0, 0.1) is 11.8 Å². The van der Waals surface area contributed by atoms with Gasteiger partial charge in [0.2, 0.25) is 6.23 Å². The normalized spacial score (nSPS) is 27.2. The number of anilines is 1. The number of alkyl halides is 2. The van der Waals surface area contributed by atoms with Crippen LogP contribution in [0.4, 0.5) is 14.6 Å². The van der Waals surface area contributed by atoms with E-state index in [4.69, 9.17) is 34.9 Å². The first-order valence-corrected chi connectivity index (χ1v) is 15.1. The van der Waals surface area contributed by atoms with E-state index in [0.717, 1.165) is 12.3 Å². The van der Waals surface area contributed by atoms with Crippen molar-refractivity contribution in [2.24, 2.45) is 11.8 Å². The molecule has 2 fully saturated rings. The molecule has 4 rings (SSSR count). The molecule has 230 valence electrons.